The zero-order chi connectivity index (χ0) is 24.3. The van der Waals surface area contributed by atoms with Crippen molar-refractivity contribution in [3.63, 3.8) is 0 Å². The summed E-state index contributed by atoms with van der Waals surface area (Å²) in [5.41, 5.74) is 8.06. The van der Waals surface area contributed by atoms with Crippen LogP contribution in [0.15, 0.2) is 126 Å². The number of hydrogen-bond acceptors (Lipinski definition) is 3. The van der Waals surface area contributed by atoms with Crippen LogP contribution in [0.3, 0.4) is 0 Å². The van der Waals surface area contributed by atoms with E-state index in [0.717, 1.165) is 76.9 Å². The second-order valence-corrected chi connectivity index (χ2v) is 9.40. The van der Waals surface area contributed by atoms with E-state index in [0.29, 0.717) is 0 Å². The molecule has 0 N–H and O–H groups in total. The molecular formula is C34H20N2O. The molecule has 0 amide bonds. The second-order valence-electron chi connectivity index (χ2n) is 9.40. The average Bonchev–Trinajstić information content (AvgIpc) is 3.35. The van der Waals surface area contributed by atoms with Crippen LogP contribution in [0.25, 0.3) is 76.9 Å². The smallest absolute Gasteiger partial charge is 0.143 e. The molecule has 0 saturated carbocycles. The van der Waals surface area contributed by atoms with Gasteiger partial charge in [-0.1, -0.05) is 97.1 Å². The topological polar surface area (TPSA) is 38.9 Å². The van der Waals surface area contributed by atoms with Gasteiger partial charge in [0.05, 0.1) is 16.7 Å². The lowest BCUT2D eigenvalue weighted by Crippen LogP contribution is -1.92. The summed E-state index contributed by atoms with van der Waals surface area (Å²) in [5.74, 6) is 0. The zero-order valence-corrected chi connectivity index (χ0v) is 19.8. The van der Waals surface area contributed by atoms with Crippen molar-refractivity contribution >= 4 is 54.5 Å². The molecule has 172 valence electrons. The Morgan fingerprint density at radius 1 is 0.541 bits per heavy atom. The summed E-state index contributed by atoms with van der Waals surface area (Å²) >= 11 is 0. The lowest BCUT2D eigenvalue weighted by molar-refractivity contribution is 0.670. The summed E-state index contributed by atoms with van der Waals surface area (Å²) in [6.07, 6.45) is 1.87. The maximum Gasteiger partial charge on any atom is 0.143 e. The number of nitrogens with zero attached hydrogens (tertiary/aromatic N) is 2. The van der Waals surface area contributed by atoms with Crippen LogP contribution in [-0.4, -0.2) is 9.97 Å². The highest BCUT2D eigenvalue weighted by Crippen LogP contribution is 2.38. The molecule has 37 heavy (non-hydrogen) atoms. The summed E-state index contributed by atoms with van der Waals surface area (Å²) in [4.78, 5) is 9.87. The quantitative estimate of drug-likeness (QED) is 0.235. The van der Waals surface area contributed by atoms with Crippen molar-refractivity contribution in [1.29, 1.82) is 0 Å². The molecule has 0 unspecified atom stereocenters. The normalized spacial score (nSPS) is 11.8. The standard InChI is InChI=1S/C34H20N2O/c1-3-12-29-27(9-1)31-28(19-18-22-7-6-20-35-33(22)31)32(36-29)23-16-14-21(15-17-23)24-10-5-11-26-25-8-2-4-13-30(25)37-34(24)26/h1-20H. The maximum atomic E-state index is 6.28. The number of aromatic nitrogens is 2. The minimum absolute atomic E-state index is 0.911. The first-order chi connectivity index (χ1) is 18.3. The molecule has 0 aliphatic carbocycles. The van der Waals surface area contributed by atoms with Gasteiger partial charge in [-0.05, 0) is 23.8 Å². The highest BCUT2D eigenvalue weighted by atomic mass is 16.3. The van der Waals surface area contributed by atoms with E-state index in [1.54, 1.807) is 0 Å². The maximum absolute atomic E-state index is 6.28. The Balaban J connectivity index is 1.34. The van der Waals surface area contributed by atoms with Gasteiger partial charge in [0.1, 0.15) is 11.2 Å². The van der Waals surface area contributed by atoms with Crippen LogP contribution >= 0.6 is 0 Å². The minimum atomic E-state index is 0.911. The minimum Gasteiger partial charge on any atom is -0.455 e. The van der Waals surface area contributed by atoms with E-state index < -0.39 is 0 Å². The number of furan rings is 1. The molecule has 3 nitrogen and oxygen atoms in total. The second kappa shape index (κ2) is 7.74. The molecule has 8 aromatic rings. The van der Waals surface area contributed by atoms with Crippen molar-refractivity contribution in [2.75, 3.05) is 0 Å². The van der Waals surface area contributed by atoms with Gasteiger partial charge in [0, 0.05) is 49.6 Å². The highest BCUT2D eigenvalue weighted by molar-refractivity contribution is 6.21. The van der Waals surface area contributed by atoms with E-state index in [9.17, 15) is 0 Å². The Labute approximate surface area is 212 Å². The summed E-state index contributed by atoms with van der Waals surface area (Å²) in [6.45, 7) is 0. The van der Waals surface area contributed by atoms with E-state index in [4.69, 9.17) is 14.4 Å². The Bertz CT molecular complexity index is 2120. The van der Waals surface area contributed by atoms with E-state index in [-0.39, 0.29) is 0 Å². The van der Waals surface area contributed by atoms with Crippen LogP contribution in [0.1, 0.15) is 0 Å². The zero-order valence-electron chi connectivity index (χ0n) is 19.8. The van der Waals surface area contributed by atoms with E-state index in [2.05, 4.69) is 91.0 Å². The lowest BCUT2D eigenvalue weighted by Gasteiger charge is -2.12. The predicted octanol–water partition coefficient (Wildman–Crippen LogP) is 9.17. The summed E-state index contributed by atoms with van der Waals surface area (Å²) in [7, 11) is 0. The van der Waals surface area contributed by atoms with Gasteiger partial charge in [-0.15, -0.1) is 0 Å². The SMILES string of the molecule is c1cnc2c(c1)ccc1c(-c3ccc(-c4cccc5c4oc4ccccc45)cc3)nc3ccccc3c12. The fraction of sp³-hybridized carbons (Fsp3) is 0. The van der Waals surface area contributed by atoms with Gasteiger partial charge in [-0.2, -0.15) is 0 Å². The number of fused-ring (bicyclic) bond motifs is 8. The Kier molecular flexibility index (Phi) is 4.23. The first-order valence-corrected chi connectivity index (χ1v) is 12.4. The van der Waals surface area contributed by atoms with Gasteiger partial charge in [0.15, 0.2) is 0 Å². The summed E-state index contributed by atoms with van der Waals surface area (Å²) in [6, 6.07) is 40.0. The molecule has 0 fully saturated rings. The molecule has 8 rings (SSSR count). The van der Waals surface area contributed by atoms with Crippen LogP contribution in [0.4, 0.5) is 0 Å². The number of hydrogen-bond donors (Lipinski definition) is 0. The summed E-state index contributed by atoms with van der Waals surface area (Å²) in [5, 5.41) is 6.79. The van der Waals surface area contributed by atoms with E-state index in [1.807, 2.05) is 30.5 Å². The van der Waals surface area contributed by atoms with Crippen molar-refractivity contribution in [2.45, 2.75) is 0 Å². The molecule has 3 aromatic heterocycles. The molecule has 3 heterocycles. The molecule has 0 spiro atoms. The van der Waals surface area contributed by atoms with Gasteiger partial charge in [0.25, 0.3) is 0 Å². The predicted molar refractivity (Wildman–Crippen MR) is 153 cm³/mol. The van der Waals surface area contributed by atoms with Crippen molar-refractivity contribution < 1.29 is 4.42 Å². The van der Waals surface area contributed by atoms with Crippen LogP contribution in [0, 0.1) is 0 Å². The van der Waals surface area contributed by atoms with Crippen molar-refractivity contribution in [3.8, 4) is 22.4 Å². The Hall–Kier alpha value is -5.02. The lowest BCUT2D eigenvalue weighted by atomic mass is 9.96. The van der Waals surface area contributed by atoms with Crippen molar-refractivity contribution in [2.24, 2.45) is 0 Å². The monoisotopic (exact) mass is 472 g/mol. The third-order valence-corrected chi connectivity index (χ3v) is 7.31. The molecule has 3 heteroatoms. The molecule has 0 aliphatic rings. The van der Waals surface area contributed by atoms with Crippen LogP contribution in [0.5, 0.6) is 0 Å². The van der Waals surface area contributed by atoms with E-state index in [1.165, 1.54) is 0 Å². The molecule has 0 atom stereocenters. The third kappa shape index (κ3) is 3.01. The third-order valence-electron chi connectivity index (χ3n) is 7.31. The van der Waals surface area contributed by atoms with Crippen molar-refractivity contribution in [3.05, 3.63) is 121 Å². The molecule has 0 radical (unpaired) electrons. The number of benzene rings is 5. The molecular weight excluding hydrogens is 452 g/mol. The molecule has 0 aliphatic heterocycles. The van der Waals surface area contributed by atoms with Crippen LogP contribution in [0.2, 0.25) is 0 Å². The van der Waals surface area contributed by atoms with Crippen LogP contribution < -0.4 is 0 Å². The van der Waals surface area contributed by atoms with E-state index >= 15 is 0 Å². The van der Waals surface area contributed by atoms with Gasteiger partial charge in [0.2, 0.25) is 0 Å². The molecule has 5 aromatic carbocycles. The molecule has 0 bridgehead atoms. The van der Waals surface area contributed by atoms with Gasteiger partial charge >= 0.3 is 0 Å². The van der Waals surface area contributed by atoms with Gasteiger partial charge in [-0.3, -0.25) is 4.98 Å². The van der Waals surface area contributed by atoms with Gasteiger partial charge < -0.3 is 4.42 Å². The number of rotatable bonds is 2. The largest absolute Gasteiger partial charge is 0.455 e. The molecule has 0 saturated heterocycles. The Morgan fingerprint density at radius 2 is 1.32 bits per heavy atom. The summed E-state index contributed by atoms with van der Waals surface area (Å²) < 4.78 is 6.28. The fourth-order valence-electron chi connectivity index (χ4n) is 5.58. The number of para-hydroxylation sites is 3. The number of pyridine rings is 2. The van der Waals surface area contributed by atoms with Crippen LogP contribution in [-0.2, 0) is 0 Å². The van der Waals surface area contributed by atoms with Gasteiger partial charge in [-0.25, -0.2) is 4.98 Å². The first-order valence-electron chi connectivity index (χ1n) is 12.4. The average molecular weight is 473 g/mol. The Morgan fingerprint density at radius 3 is 2.24 bits per heavy atom. The highest BCUT2D eigenvalue weighted by Gasteiger charge is 2.15. The first kappa shape index (κ1) is 20.2. The van der Waals surface area contributed by atoms with Crippen molar-refractivity contribution in [1.82, 2.24) is 9.97 Å². The fourth-order valence-corrected chi connectivity index (χ4v) is 5.58.